The molecule has 5 nitrogen and oxygen atoms in total. The average molecular weight is 217 g/mol. The number of unbranched alkanes of at least 4 members (excludes halogenated alkanes) is 1. The Balaban J connectivity index is 4.04. The maximum absolute atomic E-state index is 11.0. The standard InChI is InChI=1S/C9H20BNO4/c1-7(2)9(11,8(12)13)5-3-4-6-10(14)15/h7,14-15H,3-6,11H2,1-2H3,(H,12,13). The monoisotopic (exact) mass is 217 g/mol. The molecule has 0 aromatic rings. The zero-order valence-corrected chi connectivity index (χ0v) is 9.31. The van der Waals surface area contributed by atoms with E-state index in [1.54, 1.807) is 13.8 Å². The van der Waals surface area contributed by atoms with Gasteiger partial charge in [-0.25, -0.2) is 0 Å². The SMILES string of the molecule is CC(C)C(N)(CCCCB(O)O)C(=O)O. The molecule has 15 heavy (non-hydrogen) atoms. The molecule has 0 rings (SSSR count). The van der Waals surface area contributed by atoms with Gasteiger partial charge in [-0.1, -0.05) is 26.7 Å². The highest BCUT2D eigenvalue weighted by molar-refractivity contribution is 6.40. The number of carbonyl (C=O) groups is 1. The number of aliphatic carboxylic acids is 1. The smallest absolute Gasteiger partial charge is 0.451 e. The molecule has 0 aliphatic carbocycles. The third kappa shape index (κ3) is 4.64. The summed E-state index contributed by atoms with van der Waals surface area (Å²) < 4.78 is 0. The van der Waals surface area contributed by atoms with Gasteiger partial charge in [0, 0.05) is 0 Å². The van der Waals surface area contributed by atoms with E-state index >= 15 is 0 Å². The summed E-state index contributed by atoms with van der Waals surface area (Å²) in [6.07, 6.45) is 1.76. The van der Waals surface area contributed by atoms with Crippen molar-refractivity contribution in [2.45, 2.75) is 45.0 Å². The molecule has 0 aromatic heterocycles. The van der Waals surface area contributed by atoms with Crippen molar-refractivity contribution in [3.8, 4) is 0 Å². The number of carboxylic acid groups (broad SMARTS) is 1. The van der Waals surface area contributed by atoms with Crippen LogP contribution in [-0.4, -0.2) is 33.8 Å². The molecule has 0 aliphatic rings. The molecule has 1 unspecified atom stereocenters. The van der Waals surface area contributed by atoms with Gasteiger partial charge in [0.25, 0.3) is 0 Å². The second-order valence-electron chi connectivity index (χ2n) is 4.23. The van der Waals surface area contributed by atoms with E-state index in [0.29, 0.717) is 19.3 Å². The van der Waals surface area contributed by atoms with Gasteiger partial charge in [0.05, 0.1) is 0 Å². The largest absolute Gasteiger partial charge is 0.480 e. The van der Waals surface area contributed by atoms with Crippen LogP contribution in [-0.2, 0) is 4.79 Å². The van der Waals surface area contributed by atoms with Gasteiger partial charge in [-0.2, -0.15) is 0 Å². The summed E-state index contributed by atoms with van der Waals surface area (Å²) in [5, 5.41) is 26.2. The van der Waals surface area contributed by atoms with Crippen LogP contribution in [0.1, 0.15) is 33.1 Å². The van der Waals surface area contributed by atoms with Crippen LogP contribution < -0.4 is 5.73 Å². The van der Waals surface area contributed by atoms with Crippen molar-refractivity contribution in [1.29, 1.82) is 0 Å². The predicted molar refractivity (Wildman–Crippen MR) is 58.2 cm³/mol. The van der Waals surface area contributed by atoms with Crippen LogP contribution in [0.4, 0.5) is 0 Å². The van der Waals surface area contributed by atoms with Crippen LogP contribution in [0.15, 0.2) is 0 Å². The van der Waals surface area contributed by atoms with E-state index in [-0.39, 0.29) is 12.2 Å². The Bertz CT molecular complexity index is 210. The predicted octanol–water partition coefficient (Wildman–Crippen LogP) is 0.0676. The highest BCUT2D eigenvalue weighted by Gasteiger charge is 2.36. The third-order valence-corrected chi connectivity index (χ3v) is 2.73. The highest BCUT2D eigenvalue weighted by atomic mass is 16.4. The fraction of sp³-hybridized carbons (Fsp3) is 0.889. The van der Waals surface area contributed by atoms with Gasteiger partial charge >= 0.3 is 13.1 Å². The van der Waals surface area contributed by atoms with E-state index in [2.05, 4.69) is 0 Å². The molecule has 6 heteroatoms. The van der Waals surface area contributed by atoms with Gasteiger partial charge in [0.1, 0.15) is 5.54 Å². The van der Waals surface area contributed by atoms with Crippen LogP contribution >= 0.6 is 0 Å². The molecule has 0 fully saturated rings. The summed E-state index contributed by atoms with van der Waals surface area (Å²) in [6, 6.07) is 0. The zero-order chi connectivity index (χ0) is 12.1. The quantitative estimate of drug-likeness (QED) is 0.356. The maximum Gasteiger partial charge on any atom is 0.451 e. The molecular formula is C9H20BNO4. The Kier molecular flexibility index (Phi) is 5.86. The van der Waals surface area contributed by atoms with E-state index in [1.807, 2.05) is 0 Å². The van der Waals surface area contributed by atoms with Gasteiger partial charge in [0.15, 0.2) is 0 Å². The second kappa shape index (κ2) is 6.10. The minimum atomic E-state index is -1.32. The summed E-state index contributed by atoms with van der Waals surface area (Å²) in [7, 11) is -1.32. The topological polar surface area (TPSA) is 104 Å². The van der Waals surface area contributed by atoms with Gasteiger partial charge in [0.2, 0.25) is 0 Å². The molecule has 0 amide bonds. The van der Waals surface area contributed by atoms with E-state index in [1.165, 1.54) is 0 Å². The molecular weight excluding hydrogens is 197 g/mol. The van der Waals surface area contributed by atoms with Crippen LogP contribution in [0, 0.1) is 5.92 Å². The first-order valence-corrected chi connectivity index (χ1v) is 5.19. The lowest BCUT2D eigenvalue weighted by Gasteiger charge is -2.28. The maximum atomic E-state index is 11.0. The van der Waals surface area contributed by atoms with Crippen LogP contribution in [0.3, 0.4) is 0 Å². The van der Waals surface area contributed by atoms with Crippen molar-refractivity contribution in [3.05, 3.63) is 0 Å². The first kappa shape index (κ1) is 14.4. The molecule has 1 atom stereocenters. The van der Waals surface area contributed by atoms with Crippen molar-refractivity contribution in [3.63, 3.8) is 0 Å². The molecule has 0 saturated carbocycles. The molecule has 0 radical (unpaired) electrons. The second-order valence-corrected chi connectivity index (χ2v) is 4.23. The Morgan fingerprint density at radius 1 is 1.40 bits per heavy atom. The van der Waals surface area contributed by atoms with E-state index in [9.17, 15) is 4.79 Å². The van der Waals surface area contributed by atoms with Crippen molar-refractivity contribution in [1.82, 2.24) is 0 Å². The molecule has 0 saturated heterocycles. The lowest BCUT2D eigenvalue weighted by atomic mass is 9.79. The van der Waals surface area contributed by atoms with Gasteiger partial charge in [-0.3, -0.25) is 4.79 Å². The third-order valence-electron chi connectivity index (χ3n) is 2.73. The van der Waals surface area contributed by atoms with Crippen molar-refractivity contribution in [2.75, 3.05) is 0 Å². The van der Waals surface area contributed by atoms with Crippen molar-refractivity contribution >= 4 is 13.1 Å². The minimum Gasteiger partial charge on any atom is -0.480 e. The van der Waals surface area contributed by atoms with Crippen molar-refractivity contribution in [2.24, 2.45) is 11.7 Å². The van der Waals surface area contributed by atoms with Gasteiger partial charge in [-0.15, -0.1) is 0 Å². The Morgan fingerprint density at radius 2 is 1.93 bits per heavy atom. The molecule has 0 aliphatic heterocycles. The summed E-state index contributed by atoms with van der Waals surface area (Å²) in [4.78, 5) is 11.0. The normalized spacial score (nSPS) is 15.1. The molecule has 5 N–H and O–H groups in total. The van der Waals surface area contributed by atoms with E-state index < -0.39 is 18.6 Å². The molecule has 88 valence electrons. The number of hydrogen-bond donors (Lipinski definition) is 4. The fourth-order valence-corrected chi connectivity index (χ4v) is 1.39. The lowest BCUT2D eigenvalue weighted by molar-refractivity contribution is -0.145. The lowest BCUT2D eigenvalue weighted by Crippen LogP contribution is -2.52. The summed E-state index contributed by atoms with van der Waals surface area (Å²) >= 11 is 0. The van der Waals surface area contributed by atoms with Crippen LogP contribution in [0.5, 0.6) is 0 Å². The molecule has 0 bridgehead atoms. The summed E-state index contributed by atoms with van der Waals surface area (Å²) in [5.41, 5.74) is 4.57. The number of rotatable bonds is 7. The Hall–Kier alpha value is -0.585. The van der Waals surface area contributed by atoms with Gasteiger partial charge in [-0.05, 0) is 18.7 Å². The molecule has 0 aromatic carbocycles. The van der Waals surface area contributed by atoms with Gasteiger partial charge < -0.3 is 20.9 Å². The van der Waals surface area contributed by atoms with E-state index in [0.717, 1.165) is 0 Å². The average Bonchev–Trinajstić information content (AvgIpc) is 2.10. The summed E-state index contributed by atoms with van der Waals surface area (Å²) in [5.74, 6) is -1.14. The molecule has 0 heterocycles. The van der Waals surface area contributed by atoms with Crippen LogP contribution in [0.25, 0.3) is 0 Å². The minimum absolute atomic E-state index is 0.144. The first-order valence-electron chi connectivity index (χ1n) is 5.19. The summed E-state index contributed by atoms with van der Waals surface area (Å²) in [6.45, 7) is 3.55. The Morgan fingerprint density at radius 3 is 2.27 bits per heavy atom. The Labute approximate surface area is 90.4 Å². The zero-order valence-electron chi connectivity index (χ0n) is 9.31. The fourth-order valence-electron chi connectivity index (χ4n) is 1.39. The number of nitrogens with two attached hydrogens (primary N) is 1. The highest BCUT2D eigenvalue weighted by Crippen LogP contribution is 2.21. The first-order chi connectivity index (χ1) is 6.80. The van der Waals surface area contributed by atoms with Crippen molar-refractivity contribution < 1.29 is 19.9 Å². The number of carboxylic acids is 1. The van der Waals surface area contributed by atoms with Crippen LogP contribution in [0.2, 0.25) is 6.32 Å². The molecule has 0 spiro atoms. The number of hydrogen-bond acceptors (Lipinski definition) is 4. The van der Waals surface area contributed by atoms with E-state index in [4.69, 9.17) is 20.9 Å².